The van der Waals surface area contributed by atoms with Crippen molar-refractivity contribution in [2.45, 2.75) is 18.5 Å². The van der Waals surface area contributed by atoms with Gasteiger partial charge in [0.15, 0.2) is 5.69 Å². The lowest BCUT2D eigenvalue weighted by molar-refractivity contribution is -0.141. The Morgan fingerprint density at radius 2 is 1.91 bits per heavy atom. The van der Waals surface area contributed by atoms with Gasteiger partial charge in [0.2, 0.25) is 0 Å². The number of alkyl halides is 3. The second kappa shape index (κ2) is 5.98. The van der Waals surface area contributed by atoms with Gasteiger partial charge in [-0.3, -0.25) is 9.78 Å². The van der Waals surface area contributed by atoms with E-state index in [1.807, 2.05) is 30.3 Å². The minimum absolute atomic E-state index is 0.193. The predicted octanol–water partition coefficient (Wildman–Crippen LogP) is 3.13. The monoisotopic (exact) mass is 321 g/mol. The fraction of sp³-hybridized carbons (Fsp3) is 0.312. The molecule has 1 aliphatic heterocycles. The summed E-state index contributed by atoms with van der Waals surface area (Å²) in [4.78, 5) is 20.8. The van der Waals surface area contributed by atoms with E-state index in [-0.39, 0.29) is 11.6 Å². The summed E-state index contributed by atoms with van der Waals surface area (Å²) in [6.07, 6.45) is -2.13. The second-order valence-electron chi connectivity index (χ2n) is 5.43. The molecule has 1 atom stereocenters. The van der Waals surface area contributed by atoms with E-state index in [0.717, 1.165) is 18.2 Å². The Labute approximate surface area is 131 Å². The van der Waals surface area contributed by atoms with Crippen molar-refractivity contribution in [3.8, 4) is 0 Å². The van der Waals surface area contributed by atoms with E-state index in [1.54, 1.807) is 0 Å². The largest absolute Gasteiger partial charge is 0.434 e. The van der Waals surface area contributed by atoms with Crippen LogP contribution in [0.3, 0.4) is 0 Å². The van der Waals surface area contributed by atoms with Gasteiger partial charge in [0.05, 0.1) is 12.4 Å². The molecule has 1 aromatic carbocycles. The number of halogens is 3. The minimum atomic E-state index is -4.61. The number of carbonyl (C=O) groups is 1. The standard InChI is InChI=1S/C16H14F3N3O/c17-16(18,19)14-9-20-8-13(21-14)15(23)22-7-6-12(10-22)11-4-2-1-3-5-11/h1-5,8-9,12H,6-7,10H2. The van der Waals surface area contributed by atoms with Crippen molar-refractivity contribution in [3.05, 3.63) is 59.7 Å². The Kier molecular flexibility index (Phi) is 4.02. The molecule has 1 aromatic heterocycles. The maximum atomic E-state index is 12.7. The summed E-state index contributed by atoms with van der Waals surface area (Å²) in [6.45, 7) is 0.969. The fourth-order valence-corrected chi connectivity index (χ4v) is 2.71. The molecule has 2 aromatic rings. The first kappa shape index (κ1) is 15.5. The second-order valence-corrected chi connectivity index (χ2v) is 5.43. The van der Waals surface area contributed by atoms with Crippen LogP contribution >= 0.6 is 0 Å². The molecule has 0 spiro atoms. The third-order valence-corrected chi connectivity index (χ3v) is 3.89. The van der Waals surface area contributed by atoms with Crippen LogP contribution in [0, 0.1) is 0 Å². The van der Waals surface area contributed by atoms with Crippen LogP contribution < -0.4 is 0 Å². The zero-order chi connectivity index (χ0) is 16.4. The Bertz CT molecular complexity index is 703. The summed E-state index contributed by atoms with van der Waals surface area (Å²) in [7, 11) is 0. The van der Waals surface area contributed by atoms with E-state index in [2.05, 4.69) is 9.97 Å². The first-order chi connectivity index (χ1) is 10.9. The molecule has 0 radical (unpaired) electrons. The predicted molar refractivity (Wildman–Crippen MR) is 76.7 cm³/mol. The van der Waals surface area contributed by atoms with Gasteiger partial charge < -0.3 is 4.90 Å². The zero-order valence-electron chi connectivity index (χ0n) is 12.1. The molecular formula is C16H14F3N3O. The third kappa shape index (κ3) is 3.33. The summed E-state index contributed by atoms with van der Waals surface area (Å²) >= 11 is 0. The van der Waals surface area contributed by atoms with E-state index in [9.17, 15) is 18.0 Å². The van der Waals surface area contributed by atoms with Crippen molar-refractivity contribution in [1.82, 2.24) is 14.9 Å². The Balaban J connectivity index is 1.75. The van der Waals surface area contributed by atoms with Gasteiger partial charge in [0.1, 0.15) is 5.69 Å². The van der Waals surface area contributed by atoms with E-state index in [4.69, 9.17) is 0 Å². The summed E-state index contributed by atoms with van der Waals surface area (Å²) in [5.41, 5.74) is -0.298. The average Bonchev–Trinajstić information content (AvgIpc) is 3.04. The quantitative estimate of drug-likeness (QED) is 0.854. The Hall–Kier alpha value is -2.44. The van der Waals surface area contributed by atoms with Crippen LogP contribution in [-0.4, -0.2) is 33.9 Å². The number of hydrogen-bond donors (Lipinski definition) is 0. The number of benzene rings is 1. The molecule has 2 heterocycles. The van der Waals surface area contributed by atoms with Gasteiger partial charge in [0.25, 0.3) is 5.91 Å². The summed E-state index contributed by atoms with van der Waals surface area (Å²) < 4.78 is 38.0. The van der Waals surface area contributed by atoms with Gasteiger partial charge in [-0.05, 0) is 12.0 Å². The number of nitrogens with zero attached hydrogens (tertiary/aromatic N) is 3. The Morgan fingerprint density at radius 3 is 2.61 bits per heavy atom. The molecule has 7 heteroatoms. The van der Waals surface area contributed by atoms with Crippen LogP contribution in [0.25, 0.3) is 0 Å². The van der Waals surface area contributed by atoms with Crippen molar-refractivity contribution < 1.29 is 18.0 Å². The molecule has 1 amide bonds. The molecule has 120 valence electrons. The minimum Gasteiger partial charge on any atom is -0.337 e. The van der Waals surface area contributed by atoms with Crippen molar-refractivity contribution in [3.63, 3.8) is 0 Å². The smallest absolute Gasteiger partial charge is 0.337 e. The lowest BCUT2D eigenvalue weighted by Crippen LogP contribution is -2.30. The van der Waals surface area contributed by atoms with Crippen molar-refractivity contribution in [2.24, 2.45) is 0 Å². The van der Waals surface area contributed by atoms with Crippen LogP contribution in [0.15, 0.2) is 42.7 Å². The van der Waals surface area contributed by atoms with Crippen LogP contribution in [0.1, 0.15) is 34.1 Å². The molecule has 0 N–H and O–H groups in total. The third-order valence-electron chi connectivity index (χ3n) is 3.89. The molecule has 1 unspecified atom stereocenters. The lowest BCUT2D eigenvalue weighted by Gasteiger charge is -2.16. The fourth-order valence-electron chi connectivity index (χ4n) is 2.71. The highest BCUT2D eigenvalue weighted by molar-refractivity contribution is 5.92. The van der Waals surface area contributed by atoms with Gasteiger partial charge in [0, 0.05) is 19.0 Å². The van der Waals surface area contributed by atoms with Crippen molar-refractivity contribution >= 4 is 5.91 Å². The molecule has 1 fully saturated rings. The van der Waals surface area contributed by atoms with Crippen LogP contribution in [0.5, 0.6) is 0 Å². The van der Waals surface area contributed by atoms with Gasteiger partial charge in [-0.2, -0.15) is 13.2 Å². The average molecular weight is 321 g/mol. The zero-order valence-corrected chi connectivity index (χ0v) is 12.1. The summed E-state index contributed by atoms with van der Waals surface area (Å²) in [5.74, 6) is -0.319. The number of aromatic nitrogens is 2. The highest BCUT2D eigenvalue weighted by Gasteiger charge is 2.35. The van der Waals surface area contributed by atoms with Crippen LogP contribution in [0.4, 0.5) is 13.2 Å². The number of hydrogen-bond acceptors (Lipinski definition) is 3. The topological polar surface area (TPSA) is 46.1 Å². The molecule has 23 heavy (non-hydrogen) atoms. The molecule has 1 aliphatic rings. The summed E-state index contributed by atoms with van der Waals surface area (Å²) in [5, 5.41) is 0. The van der Waals surface area contributed by atoms with Gasteiger partial charge in [-0.1, -0.05) is 30.3 Å². The van der Waals surface area contributed by atoms with Gasteiger partial charge in [-0.25, -0.2) is 4.98 Å². The maximum Gasteiger partial charge on any atom is 0.434 e. The van der Waals surface area contributed by atoms with Crippen molar-refractivity contribution in [2.75, 3.05) is 13.1 Å². The molecule has 3 rings (SSSR count). The molecule has 0 bridgehead atoms. The normalized spacial score (nSPS) is 18.2. The lowest BCUT2D eigenvalue weighted by atomic mass is 9.99. The molecule has 4 nitrogen and oxygen atoms in total. The van der Waals surface area contributed by atoms with Gasteiger partial charge in [-0.15, -0.1) is 0 Å². The highest BCUT2D eigenvalue weighted by atomic mass is 19.4. The maximum absolute atomic E-state index is 12.7. The van der Waals surface area contributed by atoms with E-state index < -0.39 is 17.8 Å². The van der Waals surface area contributed by atoms with E-state index in [0.29, 0.717) is 19.3 Å². The van der Waals surface area contributed by atoms with Crippen molar-refractivity contribution in [1.29, 1.82) is 0 Å². The Morgan fingerprint density at radius 1 is 1.17 bits per heavy atom. The number of likely N-dealkylation sites (tertiary alicyclic amines) is 1. The number of rotatable bonds is 2. The SMILES string of the molecule is O=C(c1cncc(C(F)(F)F)n1)N1CCC(c2ccccc2)C1. The van der Waals surface area contributed by atoms with Crippen LogP contribution in [-0.2, 0) is 6.18 Å². The van der Waals surface area contributed by atoms with Gasteiger partial charge >= 0.3 is 6.18 Å². The van der Waals surface area contributed by atoms with Crippen LogP contribution in [0.2, 0.25) is 0 Å². The summed E-state index contributed by atoms with van der Waals surface area (Å²) in [6, 6.07) is 9.75. The molecule has 0 saturated carbocycles. The first-order valence-corrected chi connectivity index (χ1v) is 7.18. The molecule has 1 saturated heterocycles. The van der Waals surface area contributed by atoms with E-state index >= 15 is 0 Å². The number of amides is 1. The van der Waals surface area contributed by atoms with E-state index in [1.165, 1.54) is 4.90 Å². The molecule has 0 aliphatic carbocycles. The first-order valence-electron chi connectivity index (χ1n) is 7.18. The highest BCUT2D eigenvalue weighted by Crippen LogP contribution is 2.29. The number of carbonyl (C=O) groups excluding carboxylic acids is 1. The molecular weight excluding hydrogens is 307 g/mol.